The van der Waals surface area contributed by atoms with Crippen molar-refractivity contribution in [3.8, 4) is 11.3 Å². The smallest absolute Gasteiger partial charge is 0.324 e. The Balaban J connectivity index is 1.31. The monoisotopic (exact) mass is 445 g/mol. The van der Waals surface area contributed by atoms with E-state index >= 15 is 0 Å². The largest absolute Gasteiger partial charge is 0.327 e. The van der Waals surface area contributed by atoms with Crippen molar-refractivity contribution in [2.24, 2.45) is 7.05 Å². The highest BCUT2D eigenvalue weighted by Crippen LogP contribution is 2.25. The number of amides is 2. The number of hydrogen-bond acceptors (Lipinski definition) is 5. The maximum Gasteiger partial charge on any atom is 0.327 e. The maximum atomic E-state index is 12.9. The zero-order chi connectivity index (χ0) is 22.9. The van der Waals surface area contributed by atoms with Gasteiger partial charge in [0.15, 0.2) is 5.65 Å². The van der Waals surface area contributed by atoms with E-state index in [-0.39, 0.29) is 29.0 Å². The van der Waals surface area contributed by atoms with Crippen LogP contribution in [0, 0.1) is 0 Å². The summed E-state index contributed by atoms with van der Waals surface area (Å²) in [6.45, 7) is 0.937. The molecule has 4 aromatic rings. The summed E-state index contributed by atoms with van der Waals surface area (Å²) in [5.74, 6) is 0. The van der Waals surface area contributed by atoms with Crippen molar-refractivity contribution in [2.75, 3.05) is 18.4 Å². The van der Waals surface area contributed by atoms with Crippen molar-refractivity contribution < 1.29 is 4.79 Å². The lowest BCUT2D eigenvalue weighted by molar-refractivity contribution is 0.184. The Morgan fingerprint density at radius 2 is 1.88 bits per heavy atom. The van der Waals surface area contributed by atoms with Gasteiger partial charge in [-0.1, -0.05) is 6.07 Å². The second-order valence-electron chi connectivity index (χ2n) is 8.09. The van der Waals surface area contributed by atoms with Gasteiger partial charge in [-0.3, -0.25) is 19.3 Å². The molecule has 1 saturated heterocycles. The average molecular weight is 445 g/mol. The van der Waals surface area contributed by atoms with Crippen molar-refractivity contribution >= 4 is 22.9 Å². The van der Waals surface area contributed by atoms with Crippen LogP contribution in [0.3, 0.4) is 0 Å². The first kappa shape index (κ1) is 20.7. The third kappa shape index (κ3) is 3.91. The third-order valence-corrected chi connectivity index (χ3v) is 5.99. The zero-order valence-electron chi connectivity index (χ0n) is 18.1. The number of carbonyl (C=O) groups is 1. The van der Waals surface area contributed by atoms with E-state index in [2.05, 4.69) is 20.3 Å². The number of hydrogen-bond donors (Lipinski definition) is 2. The summed E-state index contributed by atoms with van der Waals surface area (Å²) in [7, 11) is 1.64. The molecule has 2 N–H and O–H groups in total. The van der Waals surface area contributed by atoms with Crippen LogP contribution in [-0.4, -0.2) is 48.1 Å². The van der Waals surface area contributed by atoms with Crippen LogP contribution in [-0.2, 0) is 7.05 Å². The normalized spacial score (nSPS) is 14.5. The molecule has 0 spiro atoms. The number of fused-ring (bicyclic) bond motifs is 1. The molecule has 33 heavy (non-hydrogen) atoms. The van der Waals surface area contributed by atoms with Gasteiger partial charge in [0, 0.05) is 50.3 Å². The first-order valence-corrected chi connectivity index (χ1v) is 10.7. The van der Waals surface area contributed by atoms with E-state index in [1.165, 1.54) is 4.57 Å². The Bertz CT molecular complexity index is 1430. The number of aromatic amines is 1. The van der Waals surface area contributed by atoms with E-state index in [9.17, 15) is 14.4 Å². The quantitative estimate of drug-likeness (QED) is 0.502. The molecule has 0 bridgehead atoms. The fourth-order valence-corrected chi connectivity index (χ4v) is 4.32. The molecule has 0 unspecified atom stereocenters. The van der Waals surface area contributed by atoms with Crippen LogP contribution < -0.4 is 16.6 Å². The molecule has 0 radical (unpaired) electrons. The second-order valence-corrected chi connectivity index (χ2v) is 8.09. The van der Waals surface area contributed by atoms with Crippen LogP contribution in [0.4, 0.5) is 10.5 Å². The minimum Gasteiger partial charge on any atom is -0.324 e. The minimum atomic E-state index is -0.336. The molecule has 2 amide bonds. The molecule has 0 aliphatic carbocycles. The lowest BCUT2D eigenvalue weighted by atomic mass is 10.0. The lowest BCUT2D eigenvalue weighted by Crippen LogP contribution is -2.43. The van der Waals surface area contributed by atoms with Crippen molar-refractivity contribution in [3.05, 3.63) is 75.8 Å². The van der Waals surface area contributed by atoms with Gasteiger partial charge in [-0.2, -0.15) is 0 Å². The van der Waals surface area contributed by atoms with Crippen LogP contribution in [0.1, 0.15) is 18.9 Å². The predicted molar refractivity (Wildman–Crippen MR) is 124 cm³/mol. The Labute approximate surface area is 188 Å². The highest BCUT2D eigenvalue weighted by Gasteiger charge is 2.26. The summed E-state index contributed by atoms with van der Waals surface area (Å²) in [4.78, 5) is 50.9. The van der Waals surface area contributed by atoms with Crippen molar-refractivity contribution in [1.82, 2.24) is 29.0 Å². The molecular weight excluding hydrogens is 422 g/mol. The molecule has 10 heteroatoms. The molecule has 0 atom stereocenters. The van der Waals surface area contributed by atoms with E-state index in [1.807, 2.05) is 24.3 Å². The molecule has 4 aromatic heterocycles. The van der Waals surface area contributed by atoms with Crippen molar-refractivity contribution in [1.29, 1.82) is 0 Å². The summed E-state index contributed by atoms with van der Waals surface area (Å²) in [5.41, 5.74) is 2.48. The number of rotatable bonds is 3. The topological polar surface area (TPSA) is 118 Å². The van der Waals surface area contributed by atoms with E-state index in [1.54, 1.807) is 47.2 Å². The average Bonchev–Trinajstić information content (AvgIpc) is 3.18. The molecule has 1 aliphatic rings. The van der Waals surface area contributed by atoms with E-state index in [0.717, 1.165) is 11.1 Å². The van der Waals surface area contributed by atoms with Gasteiger partial charge in [-0.25, -0.2) is 14.6 Å². The van der Waals surface area contributed by atoms with E-state index in [0.29, 0.717) is 37.3 Å². The molecule has 1 aliphatic heterocycles. The van der Waals surface area contributed by atoms with Gasteiger partial charge in [-0.05, 0) is 43.2 Å². The maximum absolute atomic E-state index is 12.9. The number of H-pyrrole nitrogens is 1. The predicted octanol–water partition coefficient (Wildman–Crippen LogP) is 2.35. The summed E-state index contributed by atoms with van der Waals surface area (Å²) in [5, 5.41) is 2.76. The molecular formula is C23H23N7O3. The van der Waals surface area contributed by atoms with Gasteiger partial charge < -0.3 is 14.8 Å². The number of nitrogens with zero attached hydrogens (tertiary/aromatic N) is 5. The van der Waals surface area contributed by atoms with Gasteiger partial charge in [0.2, 0.25) is 0 Å². The summed E-state index contributed by atoms with van der Waals surface area (Å²) < 4.78 is 3.16. The number of imidazole rings is 1. The number of pyridine rings is 3. The van der Waals surface area contributed by atoms with Gasteiger partial charge in [0.25, 0.3) is 5.56 Å². The van der Waals surface area contributed by atoms with Crippen LogP contribution in [0.15, 0.2) is 64.6 Å². The number of anilines is 1. The Hall–Kier alpha value is -4.21. The number of aryl methyl sites for hydroxylation is 1. The highest BCUT2D eigenvalue weighted by molar-refractivity contribution is 5.90. The SMILES string of the molecule is Cn1cc(-c2ccccn2)cc(NC(=O)N2CCC(n3c(=O)[nH]c4ncccc43)CC2)c1=O. The van der Waals surface area contributed by atoms with E-state index in [4.69, 9.17) is 0 Å². The van der Waals surface area contributed by atoms with Gasteiger partial charge in [0.1, 0.15) is 5.69 Å². The molecule has 0 aromatic carbocycles. The molecule has 0 saturated carbocycles. The summed E-state index contributed by atoms with van der Waals surface area (Å²) >= 11 is 0. The first-order valence-electron chi connectivity index (χ1n) is 10.7. The van der Waals surface area contributed by atoms with Gasteiger partial charge in [0.05, 0.1) is 11.2 Å². The van der Waals surface area contributed by atoms with Crippen LogP contribution in [0.5, 0.6) is 0 Å². The van der Waals surface area contributed by atoms with Gasteiger partial charge in [-0.15, -0.1) is 0 Å². The first-order chi connectivity index (χ1) is 16.0. The third-order valence-electron chi connectivity index (χ3n) is 5.99. The highest BCUT2D eigenvalue weighted by atomic mass is 16.2. The number of nitrogens with one attached hydrogen (secondary N) is 2. The number of aromatic nitrogens is 5. The Morgan fingerprint density at radius 3 is 2.64 bits per heavy atom. The lowest BCUT2D eigenvalue weighted by Gasteiger charge is -2.32. The number of urea groups is 1. The molecule has 168 valence electrons. The van der Waals surface area contributed by atoms with Crippen LogP contribution in [0.25, 0.3) is 22.4 Å². The number of piperidine rings is 1. The van der Waals surface area contributed by atoms with E-state index < -0.39 is 0 Å². The van der Waals surface area contributed by atoms with Crippen LogP contribution >= 0.6 is 0 Å². The zero-order valence-corrected chi connectivity index (χ0v) is 18.1. The minimum absolute atomic E-state index is 0.0279. The summed E-state index contributed by atoms with van der Waals surface area (Å²) in [6.07, 6.45) is 6.27. The van der Waals surface area contributed by atoms with Crippen molar-refractivity contribution in [3.63, 3.8) is 0 Å². The number of likely N-dealkylation sites (tertiary alicyclic amines) is 1. The fourth-order valence-electron chi connectivity index (χ4n) is 4.32. The Kier molecular flexibility index (Phi) is 5.25. The number of carbonyl (C=O) groups excluding carboxylic acids is 1. The van der Waals surface area contributed by atoms with Gasteiger partial charge >= 0.3 is 11.7 Å². The van der Waals surface area contributed by atoms with Crippen molar-refractivity contribution in [2.45, 2.75) is 18.9 Å². The van der Waals surface area contributed by atoms with Crippen LogP contribution in [0.2, 0.25) is 0 Å². The second kappa shape index (κ2) is 8.38. The Morgan fingerprint density at radius 1 is 1.09 bits per heavy atom. The molecule has 5 heterocycles. The molecule has 1 fully saturated rings. The fraction of sp³-hybridized carbons (Fsp3) is 0.261. The molecule has 10 nitrogen and oxygen atoms in total. The molecule has 5 rings (SSSR count). The standard InChI is InChI=1S/C23H23N7O3/c1-28-14-15(17-5-2-3-9-24-17)13-18(21(28)31)26-22(32)29-11-7-16(8-12-29)30-19-6-4-10-25-20(19)27-23(30)33/h2-6,9-10,13-14,16H,7-8,11-12H2,1H3,(H,26,32)(H,25,27,33). The summed E-state index contributed by atoms with van der Waals surface area (Å²) in [6, 6.07) is 10.5.